The van der Waals surface area contributed by atoms with Gasteiger partial charge in [0.1, 0.15) is 5.82 Å². The van der Waals surface area contributed by atoms with Crippen molar-refractivity contribution in [1.29, 1.82) is 0 Å². The first-order valence-corrected chi connectivity index (χ1v) is 9.96. The fraction of sp³-hybridized carbons (Fsp3) is 0.833. The molecule has 3 fully saturated rings. The number of H-pyrrole nitrogens is 1. The van der Waals surface area contributed by atoms with Gasteiger partial charge in [0.05, 0.1) is 0 Å². The molecule has 1 amide bonds. The fourth-order valence-electron chi connectivity index (χ4n) is 4.90. The highest BCUT2D eigenvalue weighted by Crippen LogP contribution is 2.50. The van der Waals surface area contributed by atoms with Crippen molar-refractivity contribution < 1.29 is 4.79 Å². The Morgan fingerprint density at radius 2 is 1.88 bits per heavy atom. The Labute approximate surface area is 148 Å². The second kappa shape index (κ2) is 6.62. The van der Waals surface area contributed by atoms with Crippen molar-refractivity contribution in [3.63, 3.8) is 0 Å². The predicted octanol–water partition coefficient (Wildman–Crippen LogP) is 3.40. The second-order valence-corrected chi connectivity index (χ2v) is 8.34. The molecule has 2 unspecified atom stereocenters. The van der Waals surface area contributed by atoms with Crippen LogP contribution in [0.4, 0.5) is 0 Å². The molecule has 0 radical (unpaired) electrons. The number of aromatic amines is 1. The van der Waals surface area contributed by atoms with Crippen molar-refractivity contribution in [1.82, 2.24) is 19.7 Å². The fourth-order valence-corrected chi connectivity index (χ4v) is 5.04. The number of hydrogen-bond acceptors (Lipinski definition) is 3. The van der Waals surface area contributed by atoms with Crippen LogP contribution >= 0.6 is 12.2 Å². The minimum atomic E-state index is 0.338. The number of likely N-dealkylation sites (tertiary alicyclic amines) is 1. The number of hydrogen-bond donors (Lipinski definition) is 1. The lowest BCUT2D eigenvalue weighted by Crippen LogP contribution is -2.39. The predicted molar refractivity (Wildman–Crippen MR) is 95.1 cm³/mol. The molecule has 24 heavy (non-hydrogen) atoms. The summed E-state index contributed by atoms with van der Waals surface area (Å²) in [4.78, 5) is 14.9. The molecule has 1 aliphatic heterocycles. The quantitative estimate of drug-likeness (QED) is 0.852. The molecule has 1 aromatic rings. The van der Waals surface area contributed by atoms with Gasteiger partial charge < -0.3 is 9.47 Å². The zero-order valence-corrected chi connectivity index (χ0v) is 15.4. The van der Waals surface area contributed by atoms with Gasteiger partial charge in [-0.1, -0.05) is 32.1 Å². The summed E-state index contributed by atoms with van der Waals surface area (Å²) in [5.41, 5.74) is 0. The molecule has 1 N–H and O–H groups in total. The molecule has 3 aliphatic rings. The lowest BCUT2D eigenvalue weighted by molar-refractivity contribution is -0.134. The first kappa shape index (κ1) is 16.3. The van der Waals surface area contributed by atoms with Crippen molar-refractivity contribution in [2.45, 2.75) is 57.3 Å². The molecule has 2 atom stereocenters. The van der Waals surface area contributed by atoms with Crippen LogP contribution in [0.25, 0.3) is 0 Å². The molecule has 0 aromatic carbocycles. The monoisotopic (exact) mass is 348 g/mol. The van der Waals surface area contributed by atoms with Crippen molar-refractivity contribution in [3.8, 4) is 0 Å². The lowest BCUT2D eigenvalue weighted by atomic mass is 9.85. The van der Waals surface area contributed by atoms with E-state index in [1.807, 2.05) is 11.6 Å². The van der Waals surface area contributed by atoms with E-state index in [1.54, 1.807) is 0 Å². The van der Waals surface area contributed by atoms with Crippen LogP contribution < -0.4 is 0 Å². The van der Waals surface area contributed by atoms with E-state index >= 15 is 0 Å². The average molecular weight is 349 g/mol. The normalized spacial score (nSPS) is 29.0. The summed E-state index contributed by atoms with van der Waals surface area (Å²) in [7, 11) is 1.97. The second-order valence-electron chi connectivity index (χ2n) is 7.95. The van der Waals surface area contributed by atoms with Gasteiger partial charge in [0.25, 0.3) is 0 Å². The molecule has 2 heterocycles. The van der Waals surface area contributed by atoms with Gasteiger partial charge in [-0.15, -0.1) is 0 Å². The minimum Gasteiger partial charge on any atom is -0.342 e. The van der Waals surface area contributed by atoms with Crippen LogP contribution in [0.15, 0.2) is 0 Å². The Balaban J connectivity index is 1.31. The molecule has 0 bridgehead atoms. The van der Waals surface area contributed by atoms with E-state index in [0.29, 0.717) is 28.4 Å². The first-order chi connectivity index (χ1) is 11.6. The summed E-state index contributed by atoms with van der Waals surface area (Å²) < 4.78 is 2.65. The highest BCUT2D eigenvalue weighted by Gasteiger charge is 2.49. The Hall–Kier alpha value is -1.17. The molecule has 1 aromatic heterocycles. The molecular weight excluding hydrogens is 320 g/mol. The SMILES string of the molecule is Cn1c(C2CCN(C(=O)C3CC3C3CCCCC3)CC2)n[nH]c1=S. The average Bonchev–Trinajstić information content (AvgIpc) is 3.36. The summed E-state index contributed by atoms with van der Waals surface area (Å²) in [6, 6.07) is 0. The maximum absolute atomic E-state index is 12.8. The van der Waals surface area contributed by atoms with E-state index in [2.05, 4.69) is 15.1 Å². The smallest absolute Gasteiger partial charge is 0.225 e. The van der Waals surface area contributed by atoms with Gasteiger partial charge in [-0.2, -0.15) is 5.10 Å². The highest BCUT2D eigenvalue weighted by molar-refractivity contribution is 7.71. The molecule has 1 saturated heterocycles. The van der Waals surface area contributed by atoms with E-state index in [4.69, 9.17) is 12.2 Å². The van der Waals surface area contributed by atoms with Crippen LogP contribution in [0, 0.1) is 22.5 Å². The number of aromatic nitrogens is 3. The third-order valence-electron chi connectivity index (χ3n) is 6.50. The summed E-state index contributed by atoms with van der Waals surface area (Å²) in [5.74, 6) is 3.75. The number of carbonyl (C=O) groups is 1. The van der Waals surface area contributed by atoms with Crippen molar-refractivity contribution >= 4 is 18.1 Å². The van der Waals surface area contributed by atoms with Gasteiger partial charge in [0.15, 0.2) is 4.77 Å². The van der Waals surface area contributed by atoms with Gasteiger partial charge in [-0.3, -0.25) is 9.89 Å². The van der Waals surface area contributed by atoms with E-state index in [-0.39, 0.29) is 0 Å². The molecule has 2 saturated carbocycles. The topological polar surface area (TPSA) is 53.9 Å². The number of piperidine rings is 1. The van der Waals surface area contributed by atoms with Crippen molar-refractivity contribution in [2.75, 3.05) is 13.1 Å². The highest BCUT2D eigenvalue weighted by atomic mass is 32.1. The van der Waals surface area contributed by atoms with Gasteiger partial charge in [0.2, 0.25) is 5.91 Å². The summed E-state index contributed by atoms with van der Waals surface area (Å²) in [6.45, 7) is 1.74. The maximum Gasteiger partial charge on any atom is 0.225 e. The summed E-state index contributed by atoms with van der Waals surface area (Å²) >= 11 is 5.21. The van der Waals surface area contributed by atoms with E-state index < -0.39 is 0 Å². The number of nitrogens with one attached hydrogen (secondary N) is 1. The van der Waals surface area contributed by atoms with Crippen molar-refractivity contribution in [3.05, 3.63) is 10.6 Å². The molecule has 6 heteroatoms. The van der Waals surface area contributed by atoms with Gasteiger partial charge in [-0.25, -0.2) is 0 Å². The zero-order valence-electron chi connectivity index (χ0n) is 14.5. The van der Waals surface area contributed by atoms with Crippen LogP contribution in [0.5, 0.6) is 0 Å². The number of amides is 1. The molecular formula is C18H28N4OS. The van der Waals surface area contributed by atoms with E-state index in [0.717, 1.165) is 44.1 Å². The Morgan fingerprint density at radius 1 is 1.17 bits per heavy atom. The largest absolute Gasteiger partial charge is 0.342 e. The number of rotatable bonds is 3. The Morgan fingerprint density at radius 3 is 2.50 bits per heavy atom. The van der Waals surface area contributed by atoms with Gasteiger partial charge >= 0.3 is 0 Å². The van der Waals surface area contributed by atoms with Crippen LogP contribution in [-0.4, -0.2) is 38.7 Å². The van der Waals surface area contributed by atoms with E-state index in [9.17, 15) is 4.79 Å². The molecule has 5 nitrogen and oxygen atoms in total. The molecule has 4 rings (SSSR count). The van der Waals surface area contributed by atoms with Crippen LogP contribution in [-0.2, 0) is 11.8 Å². The molecule has 2 aliphatic carbocycles. The van der Waals surface area contributed by atoms with Gasteiger partial charge in [0, 0.05) is 32.0 Å². The minimum absolute atomic E-state index is 0.338. The summed E-state index contributed by atoms with van der Waals surface area (Å²) in [6.07, 6.45) is 10.0. The first-order valence-electron chi connectivity index (χ1n) is 9.55. The zero-order chi connectivity index (χ0) is 16.7. The Bertz CT molecular complexity index is 652. The summed E-state index contributed by atoms with van der Waals surface area (Å²) in [5, 5.41) is 7.25. The van der Waals surface area contributed by atoms with E-state index in [1.165, 1.54) is 32.1 Å². The maximum atomic E-state index is 12.8. The third-order valence-corrected chi connectivity index (χ3v) is 6.86. The van der Waals surface area contributed by atoms with Crippen LogP contribution in [0.3, 0.4) is 0 Å². The lowest BCUT2D eigenvalue weighted by Gasteiger charge is -2.32. The van der Waals surface area contributed by atoms with Crippen LogP contribution in [0.2, 0.25) is 0 Å². The Kier molecular flexibility index (Phi) is 4.50. The molecule has 132 valence electrons. The van der Waals surface area contributed by atoms with Crippen LogP contribution in [0.1, 0.15) is 63.1 Å². The van der Waals surface area contributed by atoms with Gasteiger partial charge in [-0.05, 0) is 43.3 Å². The number of nitrogens with zero attached hydrogens (tertiary/aromatic N) is 3. The standard InChI is InChI=1S/C18H28N4OS/c1-21-16(19-20-18(21)24)13-7-9-22(10-8-13)17(23)15-11-14(15)12-5-3-2-4-6-12/h12-15H,2-11H2,1H3,(H,20,24). The molecule has 0 spiro atoms. The number of carbonyl (C=O) groups excluding carboxylic acids is 1. The van der Waals surface area contributed by atoms with Crippen molar-refractivity contribution in [2.24, 2.45) is 24.8 Å². The third kappa shape index (κ3) is 3.05.